The van der Waals surface area contributed by atoms with Crippen LogP contribution in [0.15, 0.2) is 0 Å². The number of carbonyl (C=O) groups excluding carboxylic acids is 1. The highest BCUT2D eigenvalue weighted by Crippen LogP contribution is 2.11. The third kappa shape index (κ3) is 4.62. The van der Waals surface area contributed by atoms with Crippen LogP contribution in [0.2, 0.25) is 0 Å². The number of thioether (sulfide) groups is 1. The Kier molecular flexibility index (Phi) is 5.33. The van der Waals surface area contributed by atoms with Gasteiger partial charge in [0.1, 0.15) is 0 Å². The van der Waals surface area contributed by atoms with Crippen molar-refractivity contribution in [3.63, 3.8) is 0 Å². The van der Waals surface area contributed by atoms with E-state index in [2.05, 4.69) is 11.6 Å². The molecule has 3 nitrogen and oxygen atoms in total. The summed E-state index contributed by atoms with van der Waals surface area (Å²) in [5.41, 5.74) is 4.77. The molecule has 4 heteroatoms. The number of rotatable bonds is 6. The van der Waals surface area contributed by atoms with Gasteiger partial charge in [-0.15, -0.1) is 0 Å². The van der Waals surface area contributed by atoms with E-state index >= 15 is 0 Å². The monoisotopic (exact) mass is 190 g/mol. The topological polar surface area (TPSA) is 55.1 Å². The molecular formula is C8H18N2OS. The van der Waals surface area contributed by atoms with Gasteiger partial charge in [0.15, 0.2) is 0 Å². The molecule has 0 saturated heterocycles. The molecule has 0 fully saturated rings. The Morgan fingerprint density at radius 1 is 1.58 bits per heavy atom. The number of amides is 1. The van der Waals surface area contributed by atoms with Crippen LogP contribution in [0.4, 0.5) is 0 Å². The molecule has 0 unspecified atom stereocenters. The van der Waals surface area contributed by atoms with Gasteiger partial charge in [0, 0.05) is 18.8 Å². The maximum absolute atomic E-state index is 10.9. The van der Waals surface area contributed by atoms with Crippen LogP contribution in [0.5, 0.6) is 0 Å². The molecule has 0 spiro atoms. The van der Waals surface area contributed by atoms with Crippen molar-refractivity contribution in [2.75, 3.05) is 25.1 Å². The van der Waals surface area contributed by atoms with Crippen LogP contribution in [-0.2, 0) is 4.79 Å². The lowest BCUT2D eigenvalue weighted by molar-refractivity contribution is -0.125. The fourth-order valence-corrected chi connectivity index (χ4v) is 1.01. The Hall–Kier alpha value is -0.220. The molecule has 0 saturated carbocycles. The second kappa shape index (κ2) is 5.43. The van der Waals surface area contributed by atoms with E-state index in [0.29, 0.717) is 6.54 Å². The van der Waals surface area contributed by atoms with E-state index in [-0.39, 0.29) is 5.91 Å². The molecule has 0 atom stereocenters. The molecule has 12 heavy (non-hydrogen) atoms. The summed E-state index contributed by atoms with van der Waals surface area (Å²) in [6, 6.07) is 0. The summed E-state index contributed by atoms with van der Waals surface area (Å²) in [7, 11) is 0. The molecule has 0 radical (unpaired) electrons. The molecule has 0 aliphatic rings. The van der Waals surface area contributed by atoms with E-state index in [1.165, 1.54) is 0 Å². The summed E-state index contributed by atoms with van der Waals surface area (Å²) in [5, 5.41) is 3.19. The van der Waals surface area contributed by atoms with Gasteiger partial charge in [-0.2, -0.15) is 11.8 Å². The first-order valence-electron chi connectivity index (χ1n) is 4.00. The first-order chi connectivity index (χ1) is 5.50. The maximum atomic E-state index is 10.9. The smallest absolute Gasteiger partial charge is 0.224 e. The standard InChI is InChI=1S/C8H18N2OS/c1-8(2,7(9)11)6-10-4-5-12-3/h10H,4-6H2,1-3H3,(H2,9,11). The Labute approximate surface area is 78.5 Å². The van der Waals surface area contributed by atoms with E-state index in [9.17, 15) is 4.79 Å². The van der Waals surface area contributed by atoms with Crippen molar-refractivity contribution in [1.29, 1.82) is 0 Å². The van der Waals surface area contributed by atoms with E-state index < -0.39 is 5.41 Å². The summed E-state index contributed by atoms with van der Waals surface area (Å²) < 4.78 is 0. The largest absolute Gasteiger partial charge is 0.369 e. The molecule has 0 aliphatic heterocycles. The number of carbonyl (C=O) groups is 1. The molecule has 0 aromatic heterocycles. The highest BCUT2D eigenvalue weighted by Gasteiger charge is 2.23. The molecule has 0 aliphatic carbocycles. The van der Waals surface area contributed by atoms with Gasteiger partial charge in [0.05, 0.1) is 5.41 Å². The summed E-state index contributed by atoms with van der Waals surface area (Å²) in [4.78, 5) is 10.9. The van der Waals surface area contributed by atoms with E-state index in [1.54, 1.807) is 11.8 Å². The number of hydrogen-bond donors (Lipinski definition) is 2. The van der Waals surface area contributed by atoms with Gasteiger partial charge in [-0.3, -0.25) is 4.79 Å². The molecule has 72 valence electrons. The van der Waals surface area contributed by atoms with Crippen molar-refractivity contribution in [1.82, 2.24) is 5.32 Å². The van der Waals surface area contributed by atoms with Crippen LogP contribution >= 0.6 is 11.8 Å². The predicted molar refractivity (Wildman–Crippen MR) is 54.2 cm³/mol. The quantitative estimate of drug-likeness (QED) is 0.598. The number of hydrogen-bond acceptors (Lipinski definition) is 3. The normalized spacial score (nSPS) is 11.6. The molecule has 1 amide bonds. The zero-order chi connectivity index (χ0) is 9.61. The van der Waals surface area contributed by atoms with Crippen LogP contribution in [0.1, 0.15) is 13.8 Å². The Morgan fingerprint density at radius 3 is 2.58 bits per heavy atom. The van der Waals surface area contributed by atoms with Crippen LogP contribution in [-0.4, -0.2) is 31.0 Å². The minimum Gasteiger partial charge on any atom is -0.369 e. The maximum Gasteiger partial charge on any atom is 0.224 e. The molecule has 0 heterocycles. The molecular weight excluding hydrogens is 172 g/mol. The average molecular weight is 190 g/mol. The van der Waals surface area contributed by atoms with Crippen molar-refractivity contribution in [2.24, 2.45) is 11.1 Å². The molecule has 3 N–H and O–H groups in total. The van der Waals surface area contributed by atoms with E-state index in [4.69, 9.17) is 5.73 Å². The fourth-order valence-electron chi connectivity index (χ4n) is 0.662. The van der Waals surface area contributed by atoms with Crippen LogP contribution in [0.25, 0.3) is 0 Å². The predicted octanol–water partition coefficient (Wildman–Crippen LogP) is 0.451. The zero-order valence-electron chi connectivity index (χ0n) is 8.02. The lowest BCUT2D eigenvalue weighted by Crippen LogP contribution is -2.40. The van der Waals surface area contributed by atoms with Crippen LogP contribution < -0.4 is 11.1 Å². The summed E-state index contributed by atoms with van der Waals surface area (Å²) in [6.07, 6.45) is 2.06. The van der Waals surface area contributed by atoms with Gasteiger partial charge >= 0.3 is 0 Å². The molecule has 0 aromatic carbocycles. The van der Waals surface area contributed by atoms with Crippen molar-refractivity contribution in [3.05, 3.63) is 0 Å². The second-order valence-corrected chi connectivity index (χ2v) is 4.40. The van der Waals surface area contributed by atoms with Gasteiger partial charge in [-0.1, -0.05) is 0 Å². The molecule has 0 rings (SSSR count). The Morgan fingerprint density at radius 2 is 2.17 bits per heavy atom. The van der Waals surface area contributed by atoms with Crippen molar-refractivity contribution in [2.45, 2.75) is 13.8 Å². The van der Waals surface area contributed by atoms with E-state index in [1.807, 2.05) is 13.8 Å². The summed E-state index contributed by atoms with van der Waals surface area (Å²) in [6.45, 7) is 5.28. The first kappa shape index (κ1) is 11.8. The van der Waals surface area contributed by atoms with Crippen LogP contribution in [0.3, 0.4) is 0 Å². The highest BCUT2D eigenvalue weighted by molar-refractivity contribution is 7.98. The van der Waals surface area contributed by atoms with Crippen molar-refractivity contribution >= 4 is 17.7 Å². The average Bonchev–Trinajstić information content (AvgIpc) is 1.98. The van der Waals surface area contributed by atoms with Gasteiger partial charge in [0.25, 0.3) is 0 Å². The second-order valence-electron chi connectivity index (χ2n) is 3.42. The minimum atomic E-state index is -0.432. The van der Waals surface area contributed by atoms with Gasteiger partial charge in [0.2, 0.25) is 5.91 Å². The van der Waals surface area contributed by atoms with E-state index in [0.717, 1.165) is 12.3 Å². The molecule has 0 aromatic rings. The number of nitrogens with two attached hydrogens (primary N) is 1. The lowest BCUT2D eigenvalue weighted by Gasteiger charge is -2.20. The number of primary amides is 1. The van der Waals surface area contributed by atoms with Crippen molar-refractivity contribution < 1.29 is 4.79 Å². The number of nitrogens with one attached hydrogen (secondary N) is 1. The SMILES string of the molecule is CSCCNCC(C)(C)C(N)=O. The minimum absolute atomic E-state index is 0.251. The van der Waals surface area contributed by atoms with Crippen molar-refractivity contribution in [3.8, 4) is 0 Å². The fraction of sp³-hybridized carbons (Fsp3) is 0.875. The summed E-state index contributed by atoms with van der Waals surface area (Å²) >= 11 is 1.78. The first-order valence-corrected chi connectivity index (χ1v) is 5.39. The van der Waals surface area contributed by atoms with Gasteiger partial charge in [-0.05, 0) is 20.1 Å². The summed E-state index contributed by atoms with van der Waals surface area (Å²) in [5.74, 6) is 0.814. The zero-order valence-corrected chi connectivity index (χ0v) is 8.83. The van der Waals surface area contributed by atoms with Gasteiger partial charge < -0.3 is 11.1 Å². The highest BCUT2D eigenvalue weighted by atomic mass is 32.2. The lowest BCUT2D eigenvalue weighted by atomic mass is 9.93. The Bertz CT molecular complexity index is 148. The molecule has 0 bridgehead atoms. The third-order valence-electron chi connectivity index (χ3n) is 1.72. The Balaban J connectivity index is 3.54. The third-order valence-corrected chi connectivity index (χ3v) is 2.33. The van der Waals surface area contributed by atoms with Gasteiger partial charge in [-0.25, -0.2) is 0 Å². The van der Waals surface area contributed by atoms with Crippen LogP contribution in [0, 0.1) is 5.41 Å².